The molecule has 0 radical (unpaired) electrons. The number of rotatable bonds is 3. The largest absolute Gasteiger partial charge is 0.466 e. The van der Waals surface area contributed by atoms with Crippen LogP contribution in [0.3, 0.4) is 0 Å². The van der Waals surface area contributed by atoms with Crippen molar-refractivity contribution in [2.75, 3.05) is 6.61 Å². The van der Waals surface area contributed by atoms with Gasteiger partial charge >= 0.3 is 5.97 Å². The number of carbonyl (C=O) groups is 1. The Morgan fingerprint density at radius 3 is 3.00 bits per heavy atom. The Labute approximate surface area is 102 Å². The molecule has 16 heavy (non-hydrogen) atoms. The van der Waals surface area contributed by atoms with Gasteiger partial charge in [0.05, 0.1) is 17.0 Å². The maximum absolute atomic E-state index is 13.3. The van der Waals surface area contributed by atoms with Crippen LogP contribution in [0.15, 0.2) is 22.7 Å². The van der Waals surface area contributed by atoms with Crippen molar-refractivity contribution in [3.63, 3.8) is 0 Å². The van der Waals surface area contributed by atoms with Crippen LogP contribution in [0, 0.1) is 11.7 Å². The predicted octanol–water partition coefficient (Wildman–Crippen LogP) is 3.25. The molecule has 0 bridgehead atoms. The zero-order valence-corrected chi connectivity index (χ0v) is 10.5. The Hall–Kier alpha value is -0.900. The molecule has 1 aromatic carbocycles. The van der Waals surface area contributed by atoms with Crippen LogP contribution in [0.5, 0.6) is 0 Å². The van der Waals surface area contributed by atoms with E-state index in [0.717, 1.165) is 12.0 Å². The standard InChI is InChI=1S/C12H12BrFO2/c1-2-16-12(15)9-6-8(9)7-3-4-10(13)11(14)5-7/h3-5,8-9H,2,6H2,1H3/t8-,9?/m1/s1. The molecule has 1 aliphatic carbocycles. The second-order valence-corrected chi connectivity index (χ2v) is 4.73. The monoisotopic (exact) mass is 286 g/mol. The van der Waals surface area contributed by atoms with Gasteiger partial charge in [-0.2, -0.15) is 0 Å². The second-order valence-electron chi connectivity index (χ2n) is 3.87. The Balaban J connectivity index is 2.06. The molecule has 4 heteroatoms. The molecule has 1 saturated carbocycles. The van der Waals surface area contributed by atoms with Crippen LogP contribution in [-0.4, -0.2) is 12.6 Å². The summed E-state index contributed by atoms with van der Waals surface area (Å²) in [6, 6.07) is 5.00. The summed E-state index contributed by atoms with van der Waals surface area (Å²) in [6.45, 7) is 2.19. The van der Waals surface area contributed by atoms with Gasteiger partial charge in [0.2, 0.25) is 0 Å². The van der Waals surface area contributed by atoms with E-state index >= 15 is 0 Å². The van der Waals surface area contributed by atoms with Gasteiger partial charge in [-0.25, -0.2) is 4.39 Å². The van der Waals surface area contributed by atoms with Crippen molar-refractivity contribution in [1.29, 1.82) is 0 Å². The van der Waals surface area contributed by atoms with E-state index in [4.69, 9.17) is 4.74 Å². The topological polar surface area (TPSA) is 26.3 Å². The summed E-state index contributed by atoms with van der Waals surface area (Å²) in [5.74, 6) is -0.412. The molecular weight excluding hydrogens is 275 g/mol. The normalized spacial score (nSPS) is 22.9. The Morgan fingerprint density at radius 1 is 1.62 bits per heavy atom. The maximum atomic E-state index is 13.3. The minimum Gasteiger partial charge on any atom is -0.466 e. The Morgan fingerprint density at radius 2 is 2.38 bits per heavy atom. The van der Waals surface area contributed by atoms with Crippen molar-refractivity contribution < 1.29 is 13.9 Å². The van der Waals surface area contributed by atoms with Crippen molar-refractivity contribution in [3.05, 3.63) is 34.1 Å². The van der Waals surface area contributed by atoms with E-state index in [-0.39, 0.29) is 23.6 Å². The predicted molar refractivity (Wildman–Crippen MR) is 61.6 cm³/mol. The van der Waals surface area contributed by atoms with Crippen molar-refractivity contribution >= 4 is 21.9 Å². The summed E-state index contributed by atoms with van der Waals surface area (Å²) in [6.07, 6.45) is 0.764. The zero-order valence-electron chi connectivity index (χ0n) is 8.87. The molecule has 2 atom stereocenters. The first-order valence-electron chi connectivity index (χ1n) is 5.25. The Bertz CT molecular complexity index is 419. The number of benzene rings is 1. The minimum absolute atomic E-state index is 0.0828. The zero-order chi connectivity index (χ0) is 11.7. The van der Waals surface area contributed by atoms with Gasteiger partial charge in [-0.3, -0.25) is 4.79 Å². The fourth-order valence-corrected chi connectivity index (χ4v) is 2.06. The summed E-state index contributed by atoms with van der Waals surface area (Å²) >= 11 is 3.10. The van der Waals surface area contributed by atoms with E-state index < -0.39 is 0 Å². The fourth-order valence-electron chi connectivity index (χ4n) is 1.82. The molecule has 0 N–H and O–H groups in total. The third-order valence-electron chi connectivity index (χ3n) is 2.75. The van der Waals surface area contributed by atoms with E-state index in [0.29, 0.717) is 11.1 Å². The van der Waals surface area contributed by atoms with Crippen LogP contribution in [0.4, 0.5) is 4.39 Å². The molecule has 0 saturated heterocycles. The summed E-state index contributed by atoms with van der Waals surface area (Å²) in [4.78, 5) is 11.4. The van der Waals surface area contributed by atoms with Gasteiger partial charge in [-0.15, -0.1) is 0 Å². The van der Waals surface area contributed by atoms with Crippen LogP contribution < -0.4 is 0 Å². The van der Waals surface area contributed by atoms with Gasteiger partial charge in [0.15, 0.2) is 0 Å². The second kappa shape index (κ2) is 4.53. The summed E-state index contributed by atoms with van der Waals surface area (Å²) in [5.41, 5.74) is 0.874. The molecule has 1 aromatic rings. The van der Waals surface area contributed by atoms with E-state index in [9.17, 15) is 9.18 Å². The smallest absolute Gasteiger partial charge is 0.309 e. The molecule has 0 spiro atoms. The molecule has 0 amide bonds. The van der Waals surface area contributed by atoms with Gasteiger partial charge < -0.3 is 4.74 Å². The van der Waals surface area contributed by atoms with Gasteiger partial charge in [0.25, 0.3) is 0 Å². The van der Waals surface area contributed by atoms with Gasteiger partial charge in [-0.05, 0) is 52.9 Å². The highest BCUT2D eigenvalue weighted by Gasteiger charge is 2.45. The lowest BCUT2D eigenvalue weighted by atomic mass is 10.1. The molecule has 0 aliphatic heterocycles. The molecule has 2 rings (SSSR count). The van der Waals surface area contributed by atoms with Crippen LogP contribution in [0.2, 0.25) is 0 Å². The number of hydrogen-bond donors (Lipinski definition) is 0. The van der Waals surface area contributed by atoms with Gasteiger partial charge in [0, 0.05) is 0 Å². The third kappa shape index (κ3) is 2.26. The molecule has 0 aromatic heterocycles. The molecule has 86 valence electrons. The van der Waals surface area contributed by atoms with Crippen molar-refractivity contribution in [3.8, 4) is 0 Å². The number of ether oxygens (including phenoxy) is 1. The van der Waals surface area contributed by atoms with Crippen molar-refractivity contribution in [1.82, 2.24) is 0 Å². The maximum Gasteiger partial charge on any atom is 0.309 e. The van der Waals surface area contributed by atoms with E-state index in [2.05, 4.69) is 15.9 Å². The average molecular weight is 287 g/mol. The van der Waals surface area contributed by atoms with Gasteiger partial charge in [-0.1, -0.05) is 6.07 Å². The molecule has 0 heterocycles. The van der Waals surface area contributed by atoms with Gasteiger partial charge in [0.1, 0.15) is 5.82 Å². The van der Waals surface area contributed by atoms with Crippen LogP contribution >= 0.6 is 15.9 Å². The Kier molecular flexibility index (Phi) is 3.28. The first kappa shape index (κ1) is 11.6. The number of esters is 1. The minimum atomic E-state index is -0.285. The molecule has 2 nitrogen and oxygen atoms in total. The third-order valence-corrected chi connectivity index (χ3v) is 3.39. The molecule has 1 unspecified atom stereocenters. The quantitative estimate of drug-likeness (QED) is 0.798. The first-order valence-corrected chi connectivity index (χ1v) is 6.04. The highest BCUT2D eigenvalue weighted by atomic mass is 79.9. The summed E-state index contributed by atoms with van der Waals surface area (Å²) in [5, 5.41) is 0. The SMILES string of the molecule is CCOC(=O)C1C[C@@H]1c1ccc(Br)c(F)c1. The van der Waals surface area contributed by atoms with Crippen molar-refractivity contribution in [2.24, 2.45) is 5.92 Å². The summed E-state index contributed by atoms with van der Waals surface area (Å²) in [7, 11) is 0. The first-order chi connectivity index (χ1) is 7.63. The molecule has 1 aliphatic rings. The number of carbonyl (C=O) groups excluding carboxylic acids is 1. The molecule has 1 fully saturated rings. The van der Waals surface area contributed by atoms with E-state index in [1.165, 1.54) is 6.07 Å². The van der Waals surface area contributed by atoms with Crippen LogP contribution in [0.25, 0.3) is 0 Å². The summed E-state index contributed by atoms with van der Waals surface area (Å²) < 4.78 is 18.7. The van der Waals surface area contributed by atoms with Crippen molar-refractivity contribution in [2.45, 2.75) is 19.3 Å². The lowest BCUT2D eigenvalue weighted by Gasteiger charge is -2.02. The highest BCUT2D eigenvalue weighted by Crippen LogP contribution is 2.48. The molecular formula is C12H12BrFO2. The van der Waals surface area contributed by atoms with E-state index in [1.54, 1.807) is 13.0 Å². The lowest BCUT2D eigenvalue weighted by Crippen LogP contribution is -2.07. The highest BCUT2D eigenvalue weighted by molar-refractivity contribution is 9.10. The number of halogens is 2. The lowest BCUT2D eigenvalue weighted by molar-refractivity contribution is -0.144. The number of hydrogen-bond acceptors (Lipinski definition) is 2. The fraction of sp³-hybridized carbons (Fsp3) is 0.417. The van der Waals surface area contributed by atoms with Crippen LogP contribution in [0.1, 0.15) is 24.8 Å². The van der Waals surface area contributed by atoms with Crippen LogP contribution in [-0.2, 0) is 9.53 Å². The van der Waals surface area contributed by atoms with E-state index in [1.807, 2.05) is 6.07 Å². The average Bonchev–Trinajstić information content (AvgIpc) is 3.02.